The van der Waals surface area contributed by atoms with Gasteiger partial charge in [0.15, 0.2) is 5.11 Å². The second-order valence-corrected chi connectivity index (χ2v) is 10.4. The maximum atomic E-state index is 13.3. The zero-order chi connectivity index (χ0) is 23.6. The number of rotatable bonds is 3. The number of hydrogen-bond donors (Lipinski definition) is 1. The lowest BCUT2D eigenvalue weighted by Crippen LogP contribution is -2.47. The highest BCUT2D eigenvalue weighted by atomic mass is 32.1. The molecule has 6 nitrogen and oxygen atoms in total. The van der Waals surface area contributed by atoms with Crippen LogP contribution in [-0.4, -0.2) is 60.1 Å². The number of nitrogens with one attached hydrogen (secondary N) is 1. The van der Waals surface area contributed by atoms with Gasteiger partial charge in [-0.3, -0.25) is 9.59 Å². The number of hydrogen-bond acceptors (Lipinski definition) is 4. The molecule has 1 aromatic carbocycles. The Labute approximate surface area is 202 Å². The number of allylic oxidation sites excluding steroid dienone is 2. The fraction of sp³-hybridized carbons (Fsp3) is 0.577. The van der Waals surface area contributed by atoms with E-state index in [1.165, 1.54) is 18.2 Å². The molecule has 2 atom stereocenters. The van der Waals surface area contributed by atoms with E-state index in [1.54, 1.807) is 0 Å². The molecule has 1 spiro atoms. The van der Waals surface area contributed by atoms with Crippen LogP contribution in [0.15, 0.2) is 30.4 Å². The molecule has 1 aromatic rings. The molecule has 1 amide bonds. The molecule has 2 aliphatic heterocycles. The van der Waals surface area contributed by atoms with Gasteiger partial charge in [0.05, 0.1) is 18.9 Å². The Bertz CT molecular complexity index is 932. The van der Waals surface area contributed by atoms with Crippen molar-refractivity contribution in [2.45, 2.75) is 46.0 Å². The van der Waals surface area contributed by atoms with Crippen LogP contribution >= 0.6 is 12.2 Å². The van der Waals surface area contributed by atoms with Gasteiger partial charge in [0.25, 0.3) is 0 Å². The average Bonchev–Trinajstić information content (AvgIpc) is 3.21. The standard InChI is InChI=1S/C26H35N3O3S/c1-18-14-19(2)16-20(15-18)27-25(33)28-11-8-26(9-12-28)10-13-29(17-26)23(30)21-6-4-5-7-22(21)24(31)32-3/h4-5,14-16,21-22H,6-13,17H2,1-3H3,(H,27,33). The van der Waals surface area contributed by atoms with Gasteiger partial charge in [-0.1, -0.05) is 18.2 Å². The van der Waals surface area contributed by atoms with Crippen LogP contribution in [0.4, 0.5) is 5.69 Å². The number of ether oxygens (including phenoxy) is 1. The number of thiocarbonyl (C=S) groups is 1. The predicted molar refractivity (Wildman–Crippen MR) is 134 cm³/mol. The maximum Gasteiger partial charge on any atom is 0.309 e. The smallest absolute Gasteiger partial charge is 0.309 e. The highest BCUT2D eigenvalue weighted by Gasteiger charge is 2.45. The highest BCUT2D eigenvalue weighted by Crippen LogP contribution is 2.42. The van der Waals surface area contributed by atoms with Gasteiger partial charge < -0.3 is 19.9 Å². The number of likely N-dealkylation sites (tertiary alicyclic amines) is 2. The van der Waals surface area contributed by atoms with Crippen molar-refractivity contribution in [1.82, 2.24) is 9.80 Å². The first-order valence-electron chi connectivity index (χ1n) is 12.0. The van der Waals surface area contributed by atoms with Crippen LogP contribution in [0.25, 0.3) is 0 Å². The van der Waals surface area contributed by atoms with Crippen molar-refractivity contribution in [3.63, 3.8) is 0 Å². The molecule has 2 heterocycles. The maximum absolute atomic E-state index is 13.3. The fourth-order valence-corrected chi connectivity index (χ4v) is 6.00. The second kappa shape index (κ2) is 9.84. The van der Waals surface area contributed by atoms with Gasteiger partial charge in [-0.25, -0.2) is 0 Å². The quantitative estimate of drug-likeness (QED) is 0.409. The molecule has 2 unspecified atom stereocenters. The lowest BCUT2D eigenvalue weighted by atomic mass is 9.77. The Morgan fingerprint density at radius 2 is 1.55 bits per heavy atom. The lowest BCUT2D eigenvalue weighted by Gasteiger charge is -2.40. The van der Waals surface area contributed by atoms with Gasteiger partial charge in [-0.2, -0.15) is 0 Å². The number of anilines is 1. The van der Waals surface area contributed by atoms with E-state index in [4.69, 9.17) is 17.0 Å². The third-order valence-electron chi connectivity index (χ3n) is 7.59. The van der Waals surface area contributed by atoms with Crippen molar-refractivity contribution >= 4 is 34.9 Å². The minimum Gasteiger partial charge on any atom is -0.469 e. The molecule has 33 heavy (non-hydrogen) atoms. The molecule has 1 aliphatic carbocycles. The summed E-state index contributed by atoms with van der Waals surface area (Å²) in [5.74, 6) is -0.822. The van der Waals surface area contributed by atoms with Gasteiger partial charge in [0.2, 0.25) is 5.91 Å². The van der Waals surface area contributed by atoms with Crippen molar-refractivity contribution in [2.75, 3.05) is 38.6 Å². The van der Waals surface area contributed by atoms with Crippen LogP contribution in [0.2, 0.25) is 0 Å². The summed E-state index contributed by atoms with van der Waals surface area (Å²) < 4.78 is 4.97. The molecule has 3 aliphatic rings. The summed E-state index contributed by atoms with van der Waals surface area (Å²) in [7, 11) is 1.40. The number of piperidine rings is 1. The molecule has 7 heteroatoms. The van der Waals surface area contributed by atoms with Crippen molar-refractivity contribution in [2.24, 2.45) is 17.3 Å². The Kier molecular flexibility index (Phi) is 7.07. The van der Waals surface area contributed by atoms with Crippen LogP contribution in [0.1, 0.15) is 43.2 Å². The molecule has 1 N–H and O–H groups in total. The van der Waals surface area contributed by atoms with Gasteiger partial charge in [0.1, 0.15) is 0 Å². The van der Waals surface area contributed by atoms with E-state index in [0.717, 1.165) is 56.2 Å². The molecule has 0 aromatic heterocycles. The van der Waals surface area contributed by atoms with Crippen molar-refractivity contribution in [1.29, 1.82) is 0 Å². The monoisotopic (exact) mass is 469 g/mol. The molecule has 2 fully saturated rings. The molecule has 0 bridgehead atoms. The molecule has 178 valence electrons. The first kappa shape index (κ1) is 23.7. The Morgan fingerprint density at radius 3 is 2.15 bits per heavy atom. The summed E-state index contributed by atoms with van der Waals surface area (Å²) in [5, 5.41) is 4.18. The summed E-state index contributed by atoms with van der Waals surface area (Å²) in [4.78, 5) is 29.8. The molecule has 0 radical (unpaired) electrons. The van der Waals surface area contributed by atoms with Crippen molar-refractivity contribution in [3.8, 4) is 0 Å². The minimum atomic E-state index is -0.361. The summed E-state index contributed by atoms with van der Waals surface area (Å²) in [6.45, 7) is 7.54. The number of aryl methyl sites for hydroxylation is 2. The van der Waals surface area contributed by atoms with Crippen molar-refractivity contribution < 1.29 is 14.3 Å². The van der Waals surface area contributed by atoms with E-state index in [1.807, 2.05) is 17.1 Å². The predicted octanol–water partition coefficient (Wildman–Crippen LogP) is 4.07. The Hall–Kier alpha value is -2.41. The summed E-state index contributed by atoms with van der Waals surface area (Å²) in [6.07, 6.45) is 8.29. The Balaban J connectivity index is 1.33. The SMILES string of the molecule is COC(=O)C1CC=CCC1C(=O)N1CCC2(CCN(C(=S)Nc3cc(C)cc(C)c3)CC2)C1. The second-order valence-electron chi connectivity index (χ2n) is 9.98. The first-order chi connectivity index (χ1) is 15.8. The largest absolute Gasteiger partial charge is 0.469 e. The number of amides is 1. The van der Waals surface area contributed by atoms with E-state index in [-0.39, 0.29) is 29.1 Å². The first-order valence-corrected chi connectivity index (χ1v) is 12.4. The van der Waals surface area contributed by atoms with E-state index in [9.17, 15) is 9.59 Å². The summed E-state index contributed by atoms with van der Waals surface area (Å²) in [5.41, 5.74) is 3.64. The van der Waals surface area contributed by atoms with E-state index in [0.29, 0.717) is 12.8 Å². The molecule has 0 saturated carbocycles. The van der Waals surface area contributed by atoms with Crippen LogP contribution in [0.3, 0.4) is 0 Å². The van der Waals surface area contributed by atoms with E-state index < -0.39 is 0 Å². The number of nitrogens with zero attached hydrogens (tertiary/aromatic N) is 2. The zero-order valence-electron chi connectivity index (χ0n) is 19.9. The molecule has 2 saturated heterocycles. The summed E-state index contributed by atoms with van der Waals surface area (Å²) >= 11 is 5.70. The minimum absolute atomic E-state index is 0.112. The Morgan fingerprint density at radius 1 is 0.970 bits per heavy atom. The third kappa shape index (κ3) is 5.24. The van der Waals surface area contributed by atoms with Crippen LogP contribution in [0, 0.1) is 31.1 Å². The lowest BCUT2D eigenvalue weighted by molar-refractivity contribution is -0.153. The normalized spacial score (nSPS) is 24.1. The van der Waals surface area contributed by atoms with Gasteiger partial charge in [0, 0.05) is 31.9 Å². The number of carbonyl (C=O) groups excluding carboxylic acids is 2. The number of esters is 1. The van der Waals surface area contributed by atoms with Crippen LogP contribution in [0.5, 0.6) is 0 Å². The zero-order valence-corrected chi connectivity index (χ0v) is 20.7. The molecular weight excluding hydrogens is 434 g/mol. The third-order valence-corrected chi connectivity index (χ3v) is 7.95. The van der Waals surface area contributed by atoms with Crippen LogP contribution < -0.4 is 5.32 Å². The van der Waals surface area contributed by atoms with Crippen molar-refractivity contribution in [3.05, 3.63) is 41.5 Å². The fourth-order valence-electron chi connectivity index (χ4n) is 5.70. The van der Waals surface area contributed by atoms with Gasteiger partial charge in [-0.05, 0) is 86.8 Å². The number of methoxy groups -OCH3 is 1. The van der Waals surface area contributed by atoms with E-state index in [2.05, 4.69) is 42.3 Å². The highest BCUT2D eigenvalue weighted by molar-refractivity contribution is 7.80. The van der Waals surface area contributed by atoms with Crippen LogP contribution in [-0.2, 0) is 14.3 Å². The summed E-state index contributed by atoms with van der Waals surface area (Å²) in [6, 6.07) is 6.39. The molecular formula is C26H35N3O3S. The topological polar surface area (TPSA) is 61.9 Å². The van der Waals surface area contributed by atoms with Gasteiger partial charge >= 0.3 is 5.97 Å². The molecule has 4 rings (SSSR count). The van der Waals surface area contributed by atoms with E-state index >= 15 is 0 Å². The number of carbonyl (C=O) groups is 2. The average molecular weight is 470 g/mol. The van der Waals surface area contributed by atoms with Gasteiger partial charge in [-0.15, -0.1) is 0 Å². The number of benzene rings is 1.